The van der Waals surface area contributed by atoms with Crippen LogP contribution >= 0.6 is 0 Å². The quantitative estimate of drug-likeness (QED) is 0.449. The summed E-state index contributed by atoms with van der Waals surface area (Å²) in [6.45, 7) is 5.89. The van der Waals surface area contributed by atoms with Crippen molar-refractivity contribution in [1.29, 1.82) is 0 Å². The van der Waals surface area contributed by atoms with E-state index in [1.165, 1.54) is 0 Å². The molecule has 62 valence electrons. The summed E-state index contributed by atoms with van der Waals surface area (Å²) in [7, 11) is 0. The van der Waals surface area contributed by atoms with Crippen LogP contribution in [0, 0.1) is 0 Å². The topological polar surface area (TPSA) is 26.3 Å². The minimum Gasteiger partial charge on any atom is -0.458 e. The summed E-state index contributed by atoms with van der Waals surface area (Å²) in [6.07, 6.45) is 3.38. The summed E-state index contributed by atoms with van der Waals surface area (Å²) >= 11 is 0. The molecule has 1 fully saturated rings. The molecule has 1 aliphatic heterocycles. The fraction of sp³-hybridized carbons (Fsp3) is 0.667. The second-order valence-electron chi connectivity index (χ2n) is 2.88. The molecule has 0 aromatic heterocycles. The van der Waals surface area contributed by atoms with Gasteiger partial charge in [-0.15, -0.1) is 0 Å². The average Bonchev–Trinajstić information content (AvgIpc) is 2.03. The first-order valence-electron chi connectivity index (χ1n) is 4.11. The molecule has 2 heteroatoms. The first kappa shape index (κ1) is 8.31. The smallest absolute Gasteiger partial charge is 0.306 e. The normalized spacial score (nSPS) is 24.5. The highest BCUT2D eigenvalue weighted by Gasteiger charge is 2.21. The van der Waals surface area contributed by atoms with Crippen molar-refractivity contribution in [2.75, 3.05) is 0 Å². The number of rotatable bonds is 2. The molecule has 1 atom stereocenters. The Bertz CT molecular complexity index is 172. The molecule has 2 nitrogen and oxygen atoms in total. The van der Waals surface area contributed by atoms with Gasteiger partial charge < -0.3 is 4.74 Å². The van der Waals surface area contributed by atoms with Crippen molar-refractivity contribution < 1.29 is 9.53 Å². The molecule has 1 heterocycles. The van der Waals surface area contributed by atoms with E-state index in [0.29, 0.717) is 6.42 Å². The van der Waals surface area contributed by atoms with Crippen LogP contribution in [0.4, 0.5) is 0 Å². The Balaban J connectivity index is 2.45. The SMILES string of the molecule is C=C(CC)C1CCCC(=O)O1. The summed E-state index contributed by atoms with van der Waals surface area (Å²) in [6, 6.07) is 0. The van der Waals surface area contributed by atoms with Crippen LogP contribution in [0.25, 0.3) is 0 Å². The Kier molecular flexibility index (Phi) is 2.69. The molecule has 11 heavy (non-hydrogen) atoms. The zero-order valence-electron chi connectivity index (χ0n) is 6.93. The Morgan fingerprint density at radius 2 is 2.55 bits per heavy atom. The minimum atomic E-state index is -0.0733. The van der Waals surface area contributed by atoms with Gasteiger partial charge in [0.1, 0.15) is 6.10 Å². The van der Waals surface area contributed by atoms with Crippen LogP contribution < -0.4 is 0 Å². The van der Waals surface area contributed by atoms with Crippen LogP contribution in [0.5, 0.6) is 0 Å². The first-order valence-corrected chi connectivity index (χ1v) is 4.11. The van der Waals surface area contributed by atoms with Gasteiger partial charge in [0.15, 0.2) is 0 Å². The highest BCUT2D eigenvalue weighted by Crippen LogP contribution is 2.20. The molecule has 1 rings (SSSR count). The van der Waals surface area contributed by atoms with E-state index < -0.39 is 0 Å². The predicted octanol–water partition coefficient (Wildman–Crippen LogP) is 2.05. The molecule has 0 aromatic carbocycles. The Morgan fingerprint density at radius 1 is 1.82 bits per heavy atom. The lowest BCUT2D eigenvalue weighted by atomic mass is 10.0. The molecule has 0 saturated carbocycles. The molecule has 1 saturated heterocycles. The number of hydrogen-bond donors (Lipinski definition) is 0. The Hall–Kier alpha value is -0.790. The molecular formula is C9H14O2. The molecule has 0 radical (unpaired) electrons. The maximum atomic E-state index is 10.8. The summed E-state index contributed by atoms with van der Waals surface area (Å²) in [5, 5.41) is 0. The largest absolute Gasteiger partial charge is 0.458 e. The van der Waals surface area contributed by atoms with Gasteiger partial charge in [-0.05, 0) is 24.8 Å². The van der Waals surface area contributed by atoms with Crippen molar-refractivity contribution in [3.63, 3.8) is 0 Å². The Morgan fingerprint density at radius 3 is 3.09 bits per heavy atom. The van der Waals surface area contributed by atoms with Crippen LogP contribution in [0.15, 0.2) is 12.2 Å². The first-order chi connectivity index (χ1) is 5.24. The van der Waals surface area contributed by atoms with E-state index in [1.54, 1.807) is 0 Å². The predicted molar refractivity (Wildman–Crippen MR) is 43.2 cm³/mol. The van der Waals surface area contributed by atoms with Crippen LogP contribution in [-0.2, 0) is 9.53 Å². The number of ether oxygens (including phenoxy) is 1. The van der Waals surface area contributed by atoms with Crippen molar-refractivity contribution in [2.24, 2.45) is 0 Å². The van der Waals surface area contributed by atoms with E-state index in [0.717, 1.165) is 24.8 Å². The van der Waals surface area contributed by atoms with E-state index in [2.05, 4.69) is 6.58 Å². The molecule has 0 bridgehead atoms. The lowest BCUT2D eigenvalue weighted by Crippen LogP contribution is -2.24. The van der Waals surface area contributed by atoms with Gasteiger partial charge in [0, 0.05) is 6.42 Å². The highest BCUT2D eigenvalue weighted by atomic mass is 16.5. The van der Waals surface area contributed by atoms with Gasteiger partial charge in [0.05, 0.1) is 0 Å². The molecule has 0 N–H and O–H groups in total. The third-order valence-electron chi connectivity index (χ3n) is 2.03. The second kappa shape index (κ2) is 3.56. The van der Waals surface area contributed by atoms with Gasteiger partial charge in [-0.1, -0.05) is 13.5 Å². The summed E-state index contributed by atoms with van der Waals surface area (Å²) < 4.78 is 5.10. The summed E-state index contributed by atoms with van der Waals surface area (Å²) in [4.78, 5) is 10.8. The van der Waals surface area contributed by atoms with E-state index in [-0.39, 0.29) is 12.1 Å². The lowest BCUT2D eigenvalue weighted by molar-refractivity contribution is -0.151. The molecule has 1 unspecified atom stereocenters. The maximum Gasteiger partial charge on any atom is 0.306 e. The highest BCUT2D eigenvalue weighted by molar-refractivity contribution is 5.70. The zero-order chi connectivity index (χ0) is 8.27. The van der Waals surface area contributed by atoms with Gasteiger partial charge in [-0.2, -0.15) is 0 Å². The molecule has 1 aliphatic rings. The van der Waals surface area contributed by atoms with Crippen molar-refractivity contribution >= 4 is 5.97 Å². The number of hydrogen-bond acceptors (Lipinski definition) is 2. The number of carbonyl (C=O) groups excluding carboxylic acids is 1. The van der Waals surface area contributed by atoms with E-state index >= 15 is 0 Å². The van der Waals surface area contributed by atoms with Crippen molar-refractivity contribution in [2.45, 2.75) is 38.7 Å². The monoisotopic (exact) mass is 154 g/mol. The Labute approximate surface area is 67.2 Å². The number of cyclic esters (lactones) is 1. The molecule has 0 aliphatic carbocycles. The fourth-order valence-corrected chi connectivity index (χ4v) is 1.22. The van der Waals surface area contributed by atoms with Gasteiger partial charge in [0.25, 0.3) is 0 Å². The van der Waals surface area contributed by atoms with Crippen LogP contribution in [-0.4, -0.2) is 12.1 Å². The standard InChI is InChI=1S/C9H14O2/c1-3-7(2)8-5-4-6-9(10)11-8/h8H,2-6H2,1H3. The van der Waals surface area contributed by atoms with E-state index in [4.69, 9.17) is 4.74 Å². The van der Waals surface area contributed by atoms with Crippen LogP contribution in [0.2, 0.25) is 0 Å². The lowest BCUT2D eigenvalue weighted by Gasteiger charge is -2.23. The molecular weight excluding hydrogens is 140 g/mol. The maximum absolute atomic E-state index is 10.8. The van der Waals surface area contributed by atoms with Crippen molar-refractivity contribution in [3.05, 3.63) is 12.2 Å². The average molecular weight is 154 g/mol. The second-order valence-corrected chi connectivity index (χ2v) is 2.88. The molecule has 0 amide bonds. The molecule has 0 aromatic rings. The number of esters is 1. The van der Waals surface area contributed by atoms with E-state index in [1.807, 2.05) is 6.92 Å². The minimum absolute atomic E-state index is 0.00116. The van der Waals surface area contributed by atoms with Gasteiger partial charge in [-0.25, -0.2) is 0 Å². The van der Waals surface area contributed by atoms with Gasteiger partial charge in [-0.3, -0.25) is 4.79 Å². The van der Waals surface area contributed by atoms with Gasteiger partial charge >= 0.3 is 5.97 Å². The van der Waals surface area contributed by atoms with Crippen LogP contribution in [0.3, 0.4) is 0 Å². The summed E-state index contributed by atoms with van der Waals surface area (Å²) in [5.41, 5.74) is 1.04. The van der Waals surface area contributed by atoms with Crippen molar-refractivity contribution in [3.8, 4) is 0 Å². The van der Waals surface area contributed by atoms with Gasteiger partial charge in [0.2, 0.25) is 0 Å². The number of carbonyl (C=O) groups is 1. The van der Waals surface area contributed by atoms with Crippen molar-refractivity contribution in [1.82, 2.24) is 0 Å². The molecule has 0 spiro atoms. The zero-order valence-corrected chi connectivity index (χ0v) is 6.93. The third kappa shape index (κ3) is 2.07. The summed E-state index contributed by atoms with van der Waals surface area (Å²) in [5.74, 6) is -0.0733. The fourth-order valence-electron chi connectivity index (χ4n) is 1.22. The van der Waals surface area contributed by atoms with E-state index in [9.17, 15) is 4.79 Å². The van der Waals surface area contributed by atoms with Crippen LogP contribution in [0.1, 0.15) is 32.6 Å². The third-order valence-corrected chi connectivity index (χ3v) is 2.03.